The molecule has 1 heterocycles. The second-order valence-electron chi connectivity index (χ2n) is 4.65. The molecule has 19 heavy (non-hydrogen) atoms. The van der Waals surface area contributed by atoms with Gasteiger partial charge >= 0.3 is 0 Å². The van der Waals surface area contributed by atoms with Gasteiger partial charge in [0.05, 0.1) is 4.92 Å². The van der Waals surface area contributed by atoms with Crippen molar-refractivity contribution in [2.24, 2.45) is 0 Å². The van der Waals surface area contributed by atoms with E-state index >= 15 is 0 Å². The van der Waals surface area contributed by atoms with Gasteiger partial charge in [-0.3, -0.25) is 10.1 Å². The average Bonchev–Trinajstić information content (AvgIpc) is 2.39. The SMILES string of the molecule is O=[N+]([O-])c1ccc(F)cc1CNCC1CCCCS1. The van der Waals surface area contributed by atoms with Crippen LogP contribution in [0.4, 0.5) is 10.1 Å². The Hall–Kier alpha value is -1.14. The van der Waals surface area contributed by atoms with Gasteiger partial charge in [0.1, 0.15) is 5.82 Å². The highest BCUT2D eigenvalue weighted by Crippen LogP contribution is 2.24. The van der Waals surface area contributed by atoms with Crippen LogP contribution in [0, 0.1) is 15.9 Å². The van der Waals surface area contributed by atoms with E-state index in [0.717, 1.165) is 12.6 Å². The fraction of sp³-hybridized carbons (Fsp3) is 0.538. The maximum Gasteiger partial charge on any atom is 0.274 e. The summed E-state index contributed by atoms with van der Waals surface area (Å²) in [6.45, 7) is 1.16. The predicted octanol–water partition coefficient (Wildman–Crippen LogP) is 3.11. The quantitative estimate of drug-likeness (QED) is 0.667. The van der Waals surface area contributed by atoms with Crippen LogP contribution in [-0.2, 0) is 6.54 Å². The predicted molar refractivity (Wildman–Crippen MR) is 74.9 cm³/mol. The Morgan fingerprint density at radius 2 is 2.32 bits per heavy atom. The van der Waals surface area contributed by atoms with Gasteiger partial charge < -0.3 is 5.32 Å². The lowest BCUT2D eigenvalue weighted by Gasteiger charge is -2.21. The van der Waals surface area contributed by atoms with E-state index in [2.05, 4.69) is 5.32 Å². The molecular formula is C13H17FN2O2S. The van der Waals surface area contributed by atoms with E-state index in [1.807, 2.05) is 11.8 Å². The van der Waals surface area contributed by atoms with Crippen LogP contribution < -0.4 is 5.32 Å². The molecule has 0 spiro atoms. The van der Waals surface area contributed by atoms with Crippen LogP contribution in [0.15, 0.2) is 18.2 Å². The largest absolute Gasteiger partial charge is 0.311 e. The molecule has 1 atom stereocenters. The maximum absolute atomic E-state index is 13.1. The normalized spacial score (nSPS) is 19.3. The minimum atomic E-state index is -0.466. The summed E-state index contributed by atoms with van der Waals surface area (Å²) in [4.78, 5) is 10.4. The standard InChI is InChI=1S/C13H17FN2O2S/c14-11-4-5-13(16(17)18)10(7-11)8-15-9-12-3-1-2-6-19-12/h4-5,7,12,15H,1-3,6,8-9H2. The lowest BCUT2D eigenvalue weighted by molar-refractivity contribution is -0.385. The van der Waals surface area contributed by atoms with Crippen LogP contribution in [0.1, 0.15) is 24.8 Å². The number of thioether (sulfide) groups is 1. The molecule has 0 aromatic heterocycles. The fourth-order valence-corrected chi connectivity index (χ4v) is 3.48. The first-order valence-corrected chi connectivity index (χ1v) is 7.47. The number of benzene rings is 1. The number of rotatable bonds is 5. The molecule has 1 aliphatic rings. The summed E-state index contributed by atoms with van der Waals surface area (Å²) in [6, 6.07) is 3.58. The lowest BCUT2D eigenvalue weighted by atomic mass is 10.1. The van der Waals surface area contributed by atoms with Crippen LogP contribution in [-0.4, -0.2) is 22.5 Å². The molecule has 104 valence electrons. The number of hydrogen-bond acceptors (Lipinski definition) is 4. The highest BCUT2D eigenvalue weighted by Gasteiger charge is 2.16. The first-order valence-electron chi connectivity index (χ1n) is 6.42. The van der Waals surface area contributed by atoms with Gasteiger partial charge in [-0.1, -0.05) is 6.42 Å². The molecule has 0 amide bonds. The molecule has 1 unspecified atom stereocenters. The van der Waals surface area contributed by atoms with Crippen molar-refractivity contribution in [1.29, 1.82) is 0 Å². The van der Waals surface area contributed by atoms with Crippen LogP contribution in [0.25, 0.3) is 0 Å². The lowest BCUT2D eigenvalue weighted by Crippen LogP contribution is -2.26. The second kappa shape index (κ2) is 6.86. The summed E-state index contributed by atoms with van der Waals surface area (Å²) in [5.74, 6) is 0.751. The van der Waals surface area contributed by atoms with E-state index in [1.165, 1.54) is 37.1 Å². The highest BCUT2D eigenvalue weighted by molar-refractivity contribution is 7.99. The summed E-state index contributed by atoms with van der Waals surface area (Å²) < 4.78 is 13.1. The summed E-state index contributed by atoms with van der Waals surface area (Å²) >= 11 is 1.94. The third-order valence-electron chi connectivity index (χ3n) is 3.20. The zero-order valence-corrected chi connectivity index (χ0v) is 11.4. The van der Waals surface area contributed by atoms with Crippen molar-refractivity contribution >= 4 is 17.4 Å². The van der Waals surface area contributed by atoms with Gasteiger partial charge in [-0.25, -0.2) is 4.39 Å². The van der Waals surface area contributed by atoms with Gasteiger partial charge in [-0.15, -0.1) is 0 Å². The molecule has 0 bridgehead atoms. The number of nitro benzene ring substituents is 1. The van der Waals surface area contributed by atoms with E-state index in [-0.39, 0.29) is 5.69 Å². The minimum absolute atomic E-state index is 0.0230. The number of nitrogens with zero attached hydrogens (tertiary/aromatic N) is 1. The smallest absolute Gasteiger partial charge is 0.274 e. The molecule has 4 nitrogen and oxygen atoms in total. The van der Waals surface area contributed by atoms with Crippen molar-refractivity contribution < 1.29 is 9.31 Å². The number of nitrogens with one attached hydrogen (secondary N) is 1. The Morgan fingerprint density at radius 3 is 3.00 bits per heavy atom. The number of hydrogen-bond donors (Lipinski definition) is 1. The van der Waals surface area contributed by atoms with E-state index < -0.39 is 10.7 Å². The summed E-state index contributed by atoms with van der Waals surface area (Å²) in [6.07, 6.45) is 3.71. The van der Waals surface area contributed by atoms with Gasteiger partial charge in [0.15, 0.2) is 0 Å². The summed E-state index contributed by atoms with van der Waals surface area (Å²) in [5.41, 5.74) is 0.385. The molecule has 1 fully saturated rings. The fourth-order valence-electron chi connectivity index (χ4n) is 2.21. The second-order valence-corrected chi connectivity index (χ2v) is 6.06. The molecule has 0 saturated carbocycles. The molecular weight excluding hydrogens is 267 g/mol. The molecule has 0 radical (unpaired) electrons. The van der Waals surface area contributed by atoms with Crippen LogP contribution in [0.3, 0.4) is 0 Å². The van der Waals surface area contributed by atoms with Crippen molar-refractivity contribution in [3.63, 3.8) is 0 Å². The van der Waals surface area contributed by atoms with Crippen molar-refractivity contribution in [3.8, 4) is 0 Å². The Balaban J connectivity index is 1.91. The van der Waals surface area contributed by atoms with Gasteiger partial charge in [-0.05, 0) is 30.7 Å². The molecule has 6 heteroatoms. The Labute approximate surface area is 115 Å². The maximum atomic E-state index is 13.1. The van der Waals surface area contributed by atoms with Gasteiger partial charge in [0, 0.05) is 30.0 Å². The zero-order valence-electron chi connectivity index (χ0n) is 10.6. The van der Waals surface area contributed by atoms with E-state index in [9.17, 15) is 14.5 Å². The topological polar surface area (TPSA) is 55.2 Å². The molecule has 1 aliphatic heterocycles. The average molecular weight is 284 g/mol. The monoisotopic (exact) mass is 284 g/mol. The van der Waals surface area contributed by atoms with Gasteiger partial charge in [0.25, 0.3) is 5.69 Å². The van der Waals surface area contributed by atoms with Crippen LogP contribution in [0.2, 0.25) is 0 Å². The van der Waals surface area contributed by atoms with Gasteiger partial charge in [0.2, 0.25) is 0 Å². The minimum Gasteiger partial charge on any atom is -0.311 e. The van der Waals surface area contributed by atoms with Crippen molar-refractivity contribution in [1.82, 2.24) is 5.32 Å². The van der Waals surface area contributed by atoms with Crippen LogP contribution in [0.5, 0.6) is 0 Å². The number of halogens is 1. The molecule has 1 aromatic carbocycles. The molecule has 2 rings (SSSR count). The van der Waals surface area contributed by atoms with E-state index in [1.54, 1.807) is 0 Å². The Morgan fingerprint density at radius 1 is 1.47 bits per heavy atom. The van der Waals surface area contributed by atoms with Crippen molar-refractivity contribution in [3.05, 3.63) is 39.7 Å². The summed E-state index contributed by atoms with van der Waals surface area (Å²) in [7, 11) is 0. The van der Waals surface area contributed by atoms with Crippen molar-refractivity contribution in [2.45, 2.75) is 31.1 Å². The molecule has 1 aromatic rings. The molecule has 1 N–H and O–H groups in total. The van der Waals surface area contributed by atoms with E-state index in [4.69, 9.17) is 0 Å². The molecule has 1 saturated heterocycles. The van der Waals surface area contributed by atoms with Crippen molar-refractivity contribution in [2.75, 3.05) is 12.3 Å². The zero-order chi connectivity index (χ0) is 13.7. The van der Waals surface area contributed by atoms with Gasteiger partial charge in [-0.2, -0.15) is 11.8 Å². The summed E-state index contributed by atoms with van der Waals surface area (Å²) in [5, 5.41) is 14.6. The Bertz CT molecular complexity index is 450. The first kappa shape index (κ1) is 14.3. The van der Waals surface area contributed by atoms with E-state index in [0.29, 0.717) is 17.4 Å². The van der Waals surface area contributed by atoms with Crippen LogP contribution >= 0.6 is 11.8 Å². The molecule has 0 aliphatic carbocycles. The Kier molecular flexibility index (Phi) is 5.15. The first-order chi connectivity index (χ1) is 9.16. The number of nitro groups is 1. The highest BCUT2D eigenvalue weighted by atomic mass is 32.2. The third kappa shape index (κ3) is 4.18. The third-order valence-corrected chi connectivity index (χ3v) is 4.60.